The average molecular weight is 287 g/mol. The molecule has 0 bridgehead atoms. The fourth-order valence-electron chi connectivity index (χ4n) is 3.13. The number of anilines is 1. The molecule has 0 aliphatic carbocycles. The predicted molar refractivity (Wildman–Crippen MR) is 81.0 cm³/mol. The van der Waals surface area contributed by atoms with Gasteiger partial charge in [0.15, 0.2) is 0 Å². The normalized spacial score (nSPS) is 25.4. The molecule has 1 atom stereocenters. The Hall–Kier alpha value is -1.72. The molecule has 0 saturated carbocycles. The van der Waals surface area contributed by atoms with Gasteiger partial charge in [0.05, 0.1) is 18.2 Å². The fourth-order valence-corrected chi connectivity index (χ4v) is 3.13. The van der Waals surface area contributed by atoms with Gasteiger partial charge in [0.1, 0.15) is 0 Å². The van der Waals surface area contributed by atoms with Gasteiger partial charge in [0.25, 0.3) is 5.91 Å². The van der Waals surface area contributed by atoms with Gasteiger partial charge in [-0.05, 0) is 32.1 Å². The Bertz CT molecular complexity index is 532. The maximum Gasteiger partial charge on any atom is 0.251 e. The minimum absolute atomic E-state index is 0.0734. The van der Waals surface area contributed by atoms with E-state index >= 15 is 0 Å². The van der Waals surface area contributed by atoms with Gasteiger partial charge in [-0.2, -0.15) is 0 Å². The lowest BCUT2D eigenvalue weighted by Crippen LogP contribution is -2.43. The quantitative estimate of drug-likeness (QED) is 0.760. The summed E-state index contributed by atoms with van der Waals surface area (Å²) >= 11 is 0. The van der Waals surface area contributed by atoms with Crippen molar-refractivity contribution in [1.82, 2.24) is 9.80 Å². The van der Waals surface area contributed by atoms with Crippen LogP contribution >= 0.6 is 0 Å². The minimum Gasteiger partial charge on any atom is -0.305 e. The zero-order chi connectivity index (χ0) is 14.8. The number of likely N-dealkylation sites (N-methyl/N-ethyl adjacent to an activating group) is 1. The van der Waals surface area contributed by atoms with Crippen LogP contribution in [0, 0.1) is 0 Å². The van der Waals surface area contributed by atoms with Crippen LogP contribution in [0.3, 0.4) is 0 Å². The van der Waals surface area contributed by atoms with E-state index < -0.39 is 0 Å². The summed E-state index contributed by atoms with van der Waals surface area (Å²) in [6.07, 6.45) is 1.34. The summed E-state index contributed by atoms with van der Waals surface area (Å²) in [6.45, 7) is 3.73. The molecular formula is C16H21N3O2. The molecule has 3 rings (SSSR count). The molecule has 0 radical (unpaired) electrons. The number of carbonyl (C=O) groups is 2. The number of nitrogens with zero attached hydrogens (tertiary/aromatic N) is 3. The third-order valence-corrected chi connectivity index (χ3v) is 4.33. The van der Waals surface area contributed by atoms with Crippen molar-refractivity contribution in [1.29, 1.82) is 0 Å². The number of rotatable bonds is 2. The number of hydrogen-bond acceptors (Lipinski definition) is 4. The largest absolute Gasteiger partial charge is 0.305 e. The lowest BCUT2D eigenvalue weighted by molar-refractivity contribution is -0.122. The molecule has 2 aliphatic heterocycles. The Morgan fingerprint density at radius 1 is 1.00 bits per heavy atom. The number of para-hydroxylation sites is 1. The molecule has 2 saturated heterocycles. The van der Waals surface area contributed by atoms with E-state index in [2.05, 4.69) is 16.8 Å². The van der Waals surface area contributed by atoms with E-state index in [-0.39, 0.29) is 17.9 Å². The Morgan fingerprint density at radius 3 is 2.52 bits per heavy atom. The summed E-state index contributed by atoms with van der Waals surface area (Å²) in [5, 5.41) is 0. The third kappa shape index (κ3) is 2.84. The van der Waals surface area contributed by atoms with Crippen molar-refractivity contribution < 1.29 is 9.59 Å². The number of hydrogen-bond donors (Lipinski definition) is 0. The second-order valence-corrected chi connectivity index (χ2v) is 5.82. The molecule has 0 unspecified atom stereocenters. The van der Waals surface area contributed by atoms with Gasteiger partial charge in [0.2, 0.25) is 5.91 Å². The van der Waals surface area contributed by atoms with Crippen LogP contribution in [0.25, 0.3) is 0 Å². The van der Waals surface area contributed by atoms with E-state index in [4.69, 9.17) is 0 Å². The average Bonchev–Trinajstić information content (AvgIpc) is 2.64. The van der Waals surface area contributed by atoms with Crippen LogP contribution < -0.4 is 4.90 Å². The second kappa shape index (κ2) is 5.95. The van der Waals surface area contributed by atoms with Crippen LogP contribution in [0.5, 0.6) is 0 Å². The monoisotopic (exact) mass is 287 g/mol. The van der Waals surface area contributed by atoms with Crippen LogP contribution in [0.1, 0.15) is 12.8 Å². The first kappa shape index (κ1) is 14.2. The summed E-state index contributed by atoms with van der Waals surface area (Å²) in [4.78, 5) is 30.7. The van der Waals surface area contributed by atoms with E-state index in [0.29, 0.717) is 12.1 Å². The van der Waals surface area contributed by atoms with Crippen molar-refractivity contribution >= 4 is 17.5 Å². The number of imide groups is 1. The smallest absolute Gasteiger partial charge is 0.251 e. The molecule has 1 aromatic rings. The Kier molecular flexibility index (Phi) is 4.03. The summed E-state index contributed by atoms with van der Waals surface area (Å²) in [5.41, 5.74) is 0.682. The molecule has 2 fully saturated rings. The summed E-state index contributed by atoms with van der Waals surface area (Å²) in [5.74, 6) is -0.162. The van der Waals surface area contributed by atoms with Crippen LogP contribution in [0.2, 0.25) is 0 Å². The zero-order valence-electron chi connectivity index (χ0n) is 12.4. The molecule has 0 spiro atoms. The van der Waals surface area contributed by atoms with E-state index in [1.54, 1.807) is 0 Å². The highest BCUT2D eigenvalue weighted by Gasteiger charge is 2.42. The van der Waals surface area contributed by atoms with Gasteiger partial charge < -0.3 is 4.90 Å². The maximum absolute atomic E-state index is 12.7. The topological polar surface area (TPSA) is 43.9 Å². The highest BCUT2D eigenvalue weighted by Crippen LogP contribution is 2.25. The lowest BCUT2D eigenvalue weighted by Gasteiger charge is -2.25. The molecule has 21 heavy (non-hydrogen) atoms. The van der Waals surface area contributed by atoms with E-state index in [1.807, 2.05) is 30.3 Å². The van der Waals surface area contributed by atoms with Crippen molar-refractivity contribution in [2.24, 2.45) is 0 Å². The molecule has 5 nitrogen and oxygen atoms in total. The minimum atomic E-state index is -0.288. The highest BCUT2D eigenvalue weighted by atomic mass is 16.2. The van der Waals surface area contributed by atoms with Crippen molar-refractivity contribution in [2.45, 2.75) is 18.9 Å². The van der Waals surface area contributed by atoms with Crippen molar-refractivity contribution in [3.05, 3.63) is 30.3 Å². The standard InChI is InChI=1S/C16H21N3O2/c1-17-8-5-9-18(11-10-17)14-12-15(20)19(16(14)21)13-6-3-2-4-7-13/h2-4,6-7,14H,5,8-12H2,1H3/t14-/m1/s1. The molecule has 0 N–H and O–H groups in total. The summed E-state index contributed by atoms with van der Waals surface area (Å²) in [7, 11) is 2.10. The van der Waals surface area contributed by atoms with Crippen molar-refractivity contribution in [3.8, 4) is 0 Å². The summed E-state index contributed by atoms with van der Waals surface area (Å²) in [6, 6.07) is 8.93. The van der Waals surface area contributed by atoms with Gasteiger partial charge in [-0.15, -0.1) is 0 Å². The van der Waals surface area contributed by atoms with Gasteiger partial charge in [-0.1, -0.05) is 18.2 Å². The van der Waals surface area contributed by atoms with E-state index in [9.17, 15) is 9.59 Å². The van der Waals surface area contributed by atoms with E-state index in [0.717, 1.165) is 32.6 Å². The molecule has 2 amide bonds. The third-order valence-electron chi connectivity index (χ3n) is 4.33. The second-order valence-electron chi connectivity index (χ2n) is 5.82. The van der Waals surface area contributed by atoms with Gasteiger partial charge in [0, 0.05) is 19.6 Å². The SMILES string of the molecule is CN1CCCN([C@@H]2CC(=O)N(c3ccccc3)C2=O)CC1. The highest BCUT2D eigenvalue weighted by molar-refractivity contribution is 6.22. The first-order valence-electron chi connectivity index (χ1n) is 7.51. The van der Waals surface area contributed by atoms with Crippen molar-refractivity contribution in [2.75, 3.05) is 38.1 Å². The molecule has 5 heteroatoms. The summed E-state index contributed by atoms with van der Waals surface area (Å²) < 4.78 is 0. The maximum atomic E-state index is 12.7. The van der Waals surface area contributed by atoms with Crippen LogP contribution in [0.4, 0.5) is 5.69 Å². The molecule has 2 aliphatic rings. The Labute approximate surface area is 125 Å². The van der Waals surface area contributed by atoms with Gasteiger partial charge >= 0.3 is 0 Å². The Balaban J connectivity index is 1.77. The predicted octanol–water partition coefficient (Wildman–Crippen LogP) is 0.956. The van der Waals surface area contributed by atoms with Crippen molar-refractivity contribution in [3.63, 3.8) is 0 Å². The van der Waals surface area contributed by atoms with Gasteiger partial charge in [-0.25, -0.2) is 4.90 Å². The van der Waals surface area contributed by atoms with Crippen LogP contribution in [-0.2, 0) is 9.59 Å². The first-order valence-corrected chi connectivity index (χ1v) is 7.51. The fraction of sp³-hybridized carbons (Fsp3) is 0.500. The lowest BCUT2D eigenvalue weighted by atomic mass is 10.2. The zero-order valence-corrected chi connectivity index (χ0v) is 12.4. The van der Waals surface area contributed by atoms with Crippen LogP contribution in [0.15, 0.2) is 30.3 Å². The Morgan fingerprint density at radius 2 is 1.76 bits per heavy atom. The number of carbonyl (C=O) groups excluding carboxylic acids is 2. The van der Waals surface area contributed by atoms with E-state index in [1.165, 1.54) is 4.90 Å². The first-order chi connectivity index (χ1) is 10.2. The number of amides is 2. The number of benzene rings is 1. The molecular weight excluding hydrogens is 266 g/mol. The van der Waals surface area contributed by atoms with Gasteiger partial charge in [-0.3, -0.25) is 14.5 Å². The molecule has 2 heterocycles. The van der Waals surface area contributed by atoms with Crippen LogP contribution in [-0.4, -0.2) is 60.9 Å². The molecule has 1 aromatic carbocycles. The molecule has 112 valence electrons. The molecule has 0 aromatic heterocycles.